The van der Waals surface area contributed by atoms with Gasteiger partial charge in [-0.1, -0.05) is 19.9 Å². The van der Waals surface area contributed by atoms with E-state index < -0.39 is 5.82 Å². The fourth-order valence-electron chi connectivity index (χ4n) is 4.07. The highest BCUT2D eigenvalue weighted by Gasteiger charge is 2.15. The molecule has 1 atom stereocenters. The van der Waals surface area contributed by atoms with Gasteiger partial charge in [-0.3, -0.25) is 9.89 Å². The molecule has 12 heteroatoms. The molecule has 2 aromatic heterocycles. The number of halogens is 1. The predicted molar refractivity (Wildman–Crippen MR) is 151 cm³/mol. The zero-order valence-corrected chi connectivity index (χ0v) is 22.7. The highest BCUT2D eigenvalue weighted by Crippen LogP contribution is 2.34. The Balaban J connectivity index is 1.38. The van der Waals surface area contributed by atoms with Crippen molar-refractivity contribution < 1.29 is 23.8 Å². The van der Waals surface area contributed by atoms with Crippen LogP contribution in [0, 0.1) is 11.7 Å². The van der Waals surface area contributed by atoms with Crippen LogP contribution < -0.4 is 25.4 Å². The van der Waals surface area contributed by atoms with Crippen molar-refractivity contribution in [3.63, 3.8) is 0 Å². The molecule has 0 aliphatic carbocycles. The highest BCUT2D eigenvalue weighted by molar-refractivity contribution is 5.93. The second-order valence-electron chi connectivity index (χ2n) is 9.57. The summed E-state index contributed by atoms with van der Waals surface area (Å²) in [6, 6.07) is 11.1. The molecule has 5 N–H and O–H groups in total. The van der Waals surface area contributed by atoms with Gasteiger partial charge in [0.2, 0.25) is 5.91 Å². The van der Waals surface area contributed by atoms with E-state index in [4.69, 9.17) is 9.47 Å². The first kappa shape index (κ1) is 28.7. The lowest BCUT2D eigenvalue weighted by Gasteiger charge is -2.20. The molecule has 0 radical (unpaired) electrons. The molecule has 4 rings (SSSR count). The maximum Gasteiger partial charge on any atom is 0.230 e. The lowest BCUT2D eigenvalue weighted by Crippen LogP contribution is -2.37. The lowest BCUT2D eigenvalue weighted by atomic mass is 10.1. The number of fused-ring (bicyclic) bond motifs is 1. The van der Waals surface area contributed by atoms with E-state index in [1.807, 2.05) is 0 Å². The molecule has 0 aliphatic rings. The predicted octanol–water partition coefficient (Wildman–Crippen LogP) is 3.80. The van der Waals surface area contributed by atoms with Gasteiger partial charge in [0, 0.05) is 34.9 Å². The number of carbonyl (C=O) groups is 1. The van der Waals surface area contributed by atoms with Crippen LogP contribution in [-0.2, 0) is 11.2 Å². The molecule has 0 spiro atoms. The molecule has 11 nitrogen and oxygen atoms in total. The van der Waals surface area contributed by atoms with E-state index >= 15 is 0 Å². The summed E-state index contributed by atoms with van der Waals surface area (Å²) in [7, 11) is 1.57. The maximum absolute atomic E-state index is 13.4. The quantitative estimate of drug-likeness (QED) is 0.148. The number of methoxy groups -OCH3 is 1. The van der Waals surface area contributed by atoms with Crippen LogP contribution in [0.1, 0.15) is 26.0 Å². The molecule has 0 bridgehead atoms. The Labute approximate surface area is 231 Å². The number of H-pyrrole nitrogens is 1. The second-order valence-corrected chi connectivity index (χ2v) is 9.57. The summed E-state index contributed by atoms with van der Waals surface area (Å²) in [4.78, 5) is 21.1. The Morgan fingerprint density at radius 2 is 2.00 bits per heavy atom. The number of hydrogen-bond acceptors (Lipinski definition) is 9. The molecule has 40 heavy (non-hydrogen) atoms. The van der Waals surface area contributed by atoms with Crippen molar-refractivity contribution in [3.05, 3.63) is 60.3 Å². The Bertz CT molecular complexity index is 1430. The van der Waals surface area contributed by atoms with Crippen LogP contribution in [0.15, 0.2) is 48.8 Å². The fraction of sp³-hybridized carbons (Fsp3) is 0.357. The van der Waals surface area contributed by atoms with E-state index in [0.717, 1.165) is 6.42 Å². The molecule has 0 saturated carbocycles. The fourth-order valence-corrected chi connectivity index (χ4v) is 4.07. The van der Waals surface area contributed by atoms with Gasteiger partial charge in [0.25, 0.3) is 0 Å². The lowest BCUT2D eigenvalue weighted by molar-refractivity contribution is -0.115. The van der Waals surface area contributed by atoms with Crippen molar-refractivity contribution in [1.29, 1.82) is 0 Å². The standard InChI is InChI=1S/C28H34FN7O4/c1-17(2)23(15-37)30-8-5-9-40-25-14-22-21(13-24(25)39-3)28(32-16-31-22)34-26-11-20(35-36-26)12-27(38)33-19-7-4-6-18(29)10-19/h4,6-7,10-11,13-14,16-17,23,30,37H,5,8-9,12,15H2,1-3H3,(H,33,38)(H2,31,32,34,35,36). The second kappa shape index (κ2) is 13.7. The molecule has 0 saturated heterocycles. The molecule has 2 heterocycles. The normalized spacial score (nSPS) is 11.9. The van der Waals surface area contributed by atoms with Gasteiger partial charge in [0.15, 0.2) is 17.3 Å². The Morgan fingerprint density at radius 1 is 1.15 bits per heavy atom. The summed E-state index contributed by atoms with van der Waals surface area (Å²) in [6.45, 7) is 5.41. The monoisotopic (exact) mass is 551 g/mol. The van der Waals surface area contributed by atoms with Gasteiger partial charge >= 0.3 is 0 Å². The molecule has 1 amide bonds. The minimum Gasteiger partial charge on any atom is -0.493 e. The largest absolute Gasteiger partial charge is 0.493 e. The van der Waals surface area contributed by atoms with Crippen molar-refractivity contribution in [2.45, 2.75) is 32.7 Å². The minimum atomic E-state index is -0.426. The average molecular weight is 552 g/mol. The van der Waals surface area contributed by atoms with Gasteiger partial charge < -0.3 is 30.5 Å². The topological polar surface area (TPSA) is 146 Å². The first-order chi connectivity index (χ1) is 19.4. The summed E-state index contributed by atoms with van der Waals surface area (Å²) in [6.07, 6.45) is 2.21. The van der Waals surface area contributed by atoms with E-state index in [0.29, 0.717) is 64.5 Å². The molecule has 1 unspecified atom stereocenters. The van der Waals surface area contributed by atoms with Gasteiger partial charge in [-0.05, 0) is 43.1 Å². The summed E-state index contributed by atoms with van der Waals surface area (Å²) in [5.41, 5.74) is 1.60. The van der Waals surface area contributed by atoms with Crippen molar-refractivity contribution in [2.75, 3.05) is 37.5 Å². The minimum absolute atomic E-state index is 0.0257. The van der Waals surface area contributed by atoms with Crippen molar-refractivity contribution in [2.24, 2.45) is 5.92 Å². The van der Waals surface area contributed by atoms with Crippen molar-refractivity contribution in [3.8, 4) is 11.5 Å². The van der Waals surface area contributed by atoms with Gasteiger partial charge in [-0.2, -0.15) is 5.10 Å². The number of rotatable bonds is 14. The summed E-state index contributed by atoms with van der Waals surface area (Å²) >= 11 is 0. The Hall–Kier alpha value is -4.29. The number of aromatic amines is 1. The molecule has 212 valence electrons. The van der Waals surface area contributed by atoms with Crippen LogP contribution >= 0.6 is 0 Å². The molecule has 2 aromatic carbocycles. The number of amides is 1. The Kier molecular flexibility index (Phi) is 9.81. The number of benzene rings is 2. The third kappa shape index (κ3) is 7.64. The van der Waals surface area contributed by atoms with Crippen LogP contribution in [0.3, 0.4) is 0 Å². The number of anilines is 3. The van der Waals surface area contributed by atoms with Crippen molar-refractivity contribution in [1.82, 2.24) is 25.5 Å². The van der Waals surface area contributed by atoms with E-state index in [-0.39, 0.29) is 25.0 Å². The van der Waals surface area contributed by atoms with Gasteiger partial charge in [-0.15, -0.1) is 0 Å². The zero-order chi connectivity index (χ0) is 28.5. The third-order valence-corrected chi connectivity index (χ3v) is 6.24. The molecule has 4 aromatic rings. The number of hydrogen-bond donors (Lipinski definition) is 5. The van der Waals surface area contributed by atoms with E-state index in [9.17, 15) is 14.3 Å². The SMILES string of the molecule is COc1cc2c(Nc3cc(CC(=O)Nc4cccc(F)c4)[nH]n3)ncnc2cc1OCCCNC(CO)C(C)C. The van der Waals surface area contributed by atoms with Crippen LogP contribution in [0.4, 0.5) is 21.7 Å². The average Bonchev–Trinajstić information content (AvgIpc) is 3.36. The smallest absolute Gasteiger partial charge is 0.230 e. The Morgan fingerprint density at radius 3 is 2.75 bits per heavy atom. The summed E-state index contributed by atoms with van der Waals surface area (Å²) in [5.74, 6) is 1.67. The molecular formula is C28H34FN7O4. The first-order valence-electron chi connectivity index (χ1n) is 13.0. The van der Waals surface area contributed by atoms with E-state index in [2.05, 4.69) is 50.0 Å². The number of aromatic nitrogens is 4. The number of carbonyl (C=O) groups excluding carboxylic acids is 1. The number of nitrogens with one attached hydrogen (secondary N) is 4. The van der Waals surface area contributed by atoms with E-state index in [1.54, 1.807) is 31.4 Å². The molecule has 0 aliphatic heterocycles. The van der Waals surface area contributed by atoms with Crippen LogP contribution in [0.5, 0.6) is 11.5 Å². The van der Waals surface area contributed by atoms with Crippen LogP contribution in [0.2, 0.25) is 0 Å². The van der Waals surface area contributed by atoms with Gasteiger partial charge in [0.05, 0.1) is 32.3 Å². The number of ether oxygens (including phenoxy) is 2. The molecule has 0 fully saturated rings. The summed E-state index contributed by atoms with van der Waals surface area (Å²) < 4.78 is 24.9. The van der Waals surface area contributed by atoms with Gasteiger partial charge in [-0.25, -0.2) is 14.4 Å². The number of nitrogens with zero attached hydrogens (tertiary/aromatic N) is 3. The van der Waals surface area contributed by atoms with Crippen LogP contribution in [0.25, 0.3) is 10.9 Å². The first-order valence-corrected chi connectivity index (χ1v) is 13.0. The van der Waals surface area contributed by atoms with Crippen molar-refractivity contribution >= 4 is 34.1 Å². The van der Waals surface area contributed by atoms with Crippen LogP contribution in [-0.4, -0.2) is 64.1 Å². The molecular weight excluding hydrogens is 517 g/mol. The summed E-state index contributed by atoms with van der Waals surface area (Å²) in [5, 5.41) is 26.3. The number of aliphatic hydroxyl groups is 1. The van der Waals surface area contributed by atoms with E-state index in [1.165, 1.54) is 24.5 Å². The highest BCUT2D eigenvalue weighted by atomic mass is 19.1. The number of aliphatic hydroxyl groups excluding tert-OH is 1. The van der Waals surface area contributed by atoms with Gasteiger partial charge in [0.1, 0.15) is 18.0 Å². The maximum atomic E-state index is 13.4. The zero-order valence-electron chi connectivity index (χ0n) is 22.7. The third-order valence-electron chi connectivity index (χ3n) is 6.24.